The Kier molecular flexibility index (Phi) is 4.53. The minimum atomic E-state index is 0.382. The van der Waals surface area contributed by atoms with E-state index in [1.54, 1.807) is 0 Å². The van der Waals surface area contributed by atoms with Crippen molar-refractivity contribution in [1.82, 2.24) is 10.2 Å². The topological polar surface area (TPSA) is 32.3 Å². The van der Waals surface area contributed by atoms with E-state index in [2.05, 4.69) is 17.1 Å². The van der Waals surface area contributed by atoms with Gasteiger partial charge in [-0.25, -0.2) is 0 Å². The van der Waals surface area contributed by atoms with Crippen LogP contribution in [0, 0.1) is 5.92 Å². The Morgan fingerprint density at radius 1 is 1.56 bits per heavy atom. The first-order valence-electron chi connectivity index (χ1n) is 6.39. The summed E-state index contributed by atoms with van der Waals surface area (Å²) in [5.41, 5.74) is 0. The van der Waals surface area contributed by atoms with Crippen molar-refractivity contribution in [3.63, 3.8) is 0 Å². The lowest BCUT2D eigenvalue weighted by Gasteiger charge is -2.32. The number of thioether (sulfide) groups is 1. The van der Waals surface area contributed by atoms with Crippen LogP contribution in [0.25, 0.3) is 0 Å². The van der Waals surface area contributed by atoms with E-state index in [1.165, 1.54) is 12.8 Å². The summed E-state index contributed by atoms with van der Waals surface area (Å²) in [6, 6.07) is 0. The summed E-state index contributed by atoms with van der Waals surface area (Å²) in [7, 11) is 0. The van der Waals surface area contributed by atoms with E-state index in [1.807, 2.05) is 11.8 Å². The van der Waals surface area contributed by atoms with Crippen LogP contribution >= 0.6 is 11.8 Å². The minimum absolute atomic E-state index is 0.382. The first-order valence-corrected chi connectivity index (χ1v) is 7.44. The zero-order chi connectivity index (χ0) is 11.4. The van der Waals surface area contributed by atoms with E-state index in [0.717, 1.165) is 38.4 Å². The molecule has 0 aromatic rings. The Morgan fingerprint density at radius 2 is 2.44 bits per heavy atom. The molecule has 3 nitrogen and oxygen atoms in total. The average Bonchev–Trinajstić information content (AvgIpc) is 2.82. The second-order valence-electron chi connectivity index (χ2n) is 4.80. The fourth-order valence-corrected chi connectivity index (χ4v) is 3.64. The molecule has 2 heterocycles. The third kappa shape index (κ3) is 3.14. The molecular weight excluding hydrogens is 220 g/mol. The van der Waals surface area contributed by atoms with Gasteiger partial charge in [0.05, 0.1) is 0 Å². The van der Waals surface area contributed by atoms with Crippen LogP contribution in [-0.2, 0) is 4.79 Å². The van der Waals surface area contributed by atoms with Crippen molar-refractivity contribution >= 4 is 17.7 Å². The number of carbonyl (C=O) groups is 1. The van der Waals surface area contributed by atoms with Crippen LogP contribution in [-0.4, -0.2) is 48.0 Å². The van der Waals surface area contributed by atoms with E-state index in [9.17, 15) is 4.79 Å². The SMILES string of the molecule is CCC1CN(C(=O)CC2CCNC2)CCS1. The van der Waals surface area contributed by atoms with Gasteiger partial charge in [-0.3, -0.25) is 4.79 Å². The van der Waals surface area contributed by atoms with Crippen LogP contribution in [0.5, 0.6) is 0 Å². The smallest absolute Gasteiger partial charge is 0.222 e. The van der Waals surface area contributed by atoms with Gasteiger partial charge in [0.25, 0.3) is 0 Å². The highest BCUT2D eigenvalue weighted by atomic mass is 32.2. The van der Waals surface area contributed by atoms with Crippen LogP contribution in [0.15, 0.2) is 0 Å². The molecule has 0 radical (unpaired) electrons. The highest BCUT2D eigenvalue weighted by Gasteiger charge is 2.25. The molecule has 4 heteroatoms. The van der Waals surface area contributed by atoms with Crippen LogP contribution in [0.2, 0.25) is 0 Å². The number of hydrogen-bond acceptors (Lipinski definition) is 3. The van der Waals surface area contributed by atoms with Gasteiger partial charge in [0.2, 0.25) is 5.91 Å². The number of rotatable bonds is 3. The fraction of sp³-hybridized carbons (Fsp3) is 0.917. The molecule has 2 fully saturated rings. The molecule has 2 rings (SSSR count). The molecule has 0 aliphatic carbocycles. The standard InChI is InChI=1S/C12H22N2OS/c1-2-11-9-14(5-6-16-11)12(15)7-10-3-4-13-8-10/h10-11,13H,2-9H2,1H3. The number of hydrogen-bond donors (Lipinski definition) is 1. The molecule has 2 unspecified atom stereocenters. The first-order chi connectivity index (χ1) is 7.79. The van der Waals surface area contributed by atoms with Crippen LogP contribution in [0.1, 0.15) is 26.2 Å². The molecule has 2 saturated heterocycles. The van der Waals surface area contributed by atoms with Crippen molar-refractivity contribution in [1.29, 1.82) is 0 Å². The van der Waals surface area contributed by atoms with E-state index in [-0.39, 0.29) is 0 Å². The van der Waals surface area contributed by atoms with Gasteiger partial charge in [0.15, 0.2) is 0 Å². The molecule has 0 spiro atoms. The largest absolute Gasteiger partial charge is 0.341 e. The molecule has 16 heavy (non-hydrogen) atoms. The Balaban J connectivity index is 1.79. The summed E-state index contributed by atoms with van der Waals surface area (Å²) in [6.45, 7) is 6.27. The maximum absolute atomic E-state index is 12.1. The van der Waals surface area contributed by atoms with Crippen molar-refractivity contribution < 1.29 is 4.79 Å². The van der Waals surface area contributed by atoms with E-state index in [4.69, 9.17) is 0 Å². The lowest BCUT2D eigenvalue weighted by molar-refractivity contribution is -0.132. The predicted octanol–water partition coefficient (Wildman–Crippen LogP) is 1.34. The van der Waals surface area contributed by atoms with Gasteiger partial charge in [-0.15, -0.1) is 0 Å². The minimum Gasteiger partial charge on any atom is -0.341 e. The molecule has 2 atom stereocenters. The van der Waals surface area contributed by atoms with Gasteiger partial charge in [-0.1, -0.05) is 6.92 Å². The maximum Gasteiger partial charge on any atom is 0.222 e. The second kappa shape index (κ2) is 5.92. The zero-order valence-corrected chi connectivity index (χ0v) is 10.9. The van der Waals surface area contributed by atoms with Gasteiger partial charge < -0.3 is 10.2 Å². The van der Waals surface area contributed by atoms with Gasteiger partial charge in [-0.05, 0) is 31.8 Å². The molecule has 0 aromatic heterocycles. The monoisotopic (exact) mass is 242 g/mol. The summed E-state index contributed by atoms with van der Waals surface area (Å²) >= 11 is 2.02. The quantitative estimate of drug-likeness (QED) is 0.810. The summed E-state index contributed by atoms with van der Waals surface area (Å²) in [6.07, 6.45) is 3.11. The van der Waals surface area contributed by atoms with Crippen LogP contribution in [0.3, 0.4) is 0 Å². The Hall–Kier alpha value is -0.220. The van der Waals surface area contributed by atoms with Gasteiger partial charge in [0, 0.05) is 30.5 Å². The molecule has 92 valence electrons. The number of nitrogens with zero attached hydrogens (tertiary/aromatic N) is 1. The fourth-order valence-electron chi connectivity index (χ4n) is 2.46. The Labute approximate surface area is 102 Å². The normalized spacial score (nSPS) is 30.7. The lowest BCUT2D eigenvalue weighted by atomic mass is 10.0. The Morgan fingerprint density at radius 3 is 3.12 bits per heavy atom. The molecule has 0 aromatic carbocycles. The Bertz CT molecular complexity index is 241. The maximum atomic E-state index is 12.1. The summed E-state index contributed by atoms with van der Waals surface area (Å²) < 4.78 is 0. The third-order valence-corrected chi connectivity index (χ3v) is 4.94. The first kappa shape index (κ1) is 12.2. The van der Waals surface area contributed by atoms with Crippen molar-refractivity contribution in [2.75, 3.05) is 31.9 Å². The van der Waals surface area contributed by atoms with Crippen molar-refractivity contribution in [3.05, 3.63) is 0 Å². The summed E-state index contributed by atoms with van der Waals surface area (Å²) in [5, 5.41) is 3.99. The second-order valence-corrected chi connectivity index (χ2v) is 6.21. The molecule has 1 N–H and O–H groups in total. The average molecular weight is 242 g/mol. The molecular formula is C12H22N2OS. The molecule has 1 amide bonds. The summed E-state index contributed by atoms with van der Waals surface area (Å²) in [4.78, 5) is 14.2. The van der Waals surface area contributed by atoms with Gasteiger partial charge >= 0.3 is 0 Å². The van der Waals surface area contributed by atoms with Crippen LogP contribution in [0.4, 0.5) is 0 Å². The van der Waals surface area contributed by atoms with Crippen molar-refractivity contribution in [2.24, 2.45) is 5.92 Å². The molecule has 2 aliphatic rings. The third-order valence-electron chi connectivity index (χ3n) is 3.57. The number of amides is 1. The zero-order valence-electron chi connectivity index (χ0n) is 10.1. The van der Waals surface area contributed by atoms with E-state index < -0.39 is 0 Å². The number of carbonyl (C=O) groups excluding carboxylic acids is 1. The van der Waals surface area contributed by atoms with E-state index >= 15 is 0 Å². The highest BCUT2D eigenvalue weighted by Crippen LogP contribution is 2.23. The molecule has 2 aliphatic heterocycles. The summed E-state index contributed by atoms with van der Waals surface area (Å²) in [5.74, 6) is 2.09. The predicted molar refractivity (Wildman–Crippen MR) is 68.7 cm³/mol. The highest BCUT2D eigenvalue weighted by molar-refractivity contribution is 8.00. The molecule has 0 saturated carbocycles. The van der Waals surface area contributed by atoms with Gasteiger partial charge in [0.1, 0.15) is 0 Å². The van der Waals surface area contributed by atoms with Crippen molar-refractivity contribution in [3.8, 4) is 0 Å². The number of nitrogens with one attached hydrogen (secondary N) is 1. The van der Waals surface area contributed by atoms with Gasteiger partial charge in [-0.2, -0.15) is 11.8 Å². The lowest BCUT2D eigenvalue weighted by Crippen LogP contribution is -2.42. The van der Waals surface area contributed by atoms with E-state index in [0.29, 0.717) is 17.1 Å². The van der Waals surface area contributed by atoms with Crippen molar-refractivity contribution in [2.45, 2.75) is 31.4 Å². The molecule has 0 bridgehead atoms. The van der Waals surface area contributed by atoms with Crippen LogP contribution < -0.4 is 5.32 Å².